The first-order valence-electron chi connectivity index (χ1n) is 10.1. The number of β-lactam (4-membered cyclic amide) rings is 1. The molecule has 3 N–H and O–H groups in total. The molecule has 1 aromatic carbocycles. The lowest BCUT2D eigenvalue weighted by Gasteiger charge is -2.41. The van der Waals surface area contributed by atoms with Crippen molar-refractivity contribution >= 4 is 39.7 Å². The first kappa shape index (κ1) is 27.1. The first-order chi connectivity index (χ1) is 15.0. The predicted molar refractivity (Wildman–Crippen MR) is 122 cm³/mol. The van der Waals surface area contributed by atoms with Crippen LogP contribution in [0.1, 0.15) is 40.2 Å². The zero-order valence-electron chi connectivity index (χ0n) is 19.4. The van der Waals surface area contributed by atoms with Crippen molar-refractivity contribution < 1.29 is 36.8 Å². The number of esters is 2. The maximum Gasteiger partial charge on any atom is 0.333 e. The lowest BCUT2D eigenvalue weighted by atomic mass is 9.96. The van der Waals surface area contributed by atoms with E-state index in [9.17, 15) is 22.8 Å². The van der Waals surface area contributed by atoms with E-state index in [0.717, 1.165) is 5.56 Å². The van der Waals surface area contributed by atoms with Crippen molar-refractivity contribution in [2.24, 2.45) is 11.1 Å². The van der Waals surface area contributed by atoms with Crippen LogP contribution in [0.5, 0.6) is 0 Å². The molecule has 3 unspecified atom stereocenters. The predicted octanol–water partition coefficient (Wildman–Crippen LogP) is 1.71. The van der Waals surface area contributed by atoms with Crippen LogP contribution in [0.25, 0.3) is 0 Å². The third-order valence-corrected chi connectivity index (χ3v) is 7.49. The van der Waals surface area contributed by atoms with Crippen LogP contribution in [0.4, 0.5) is 0 Å². The topological polar surface area (TPSA) is 153 Å². The van der Waals surface area contributed by atoms with Gasteiger partial charge in [-0.3, -0.25) is 14.1 Å². The van der Waals surface area contributed by atoms with Crippen LogP contribution in [0.15, 0.2) is 29.2 Å². The molecule has 12 heteroatoms. The van der Waals surface area contributed by atoms with E-state index in [2.05, 4.69) is 0 Å². The Morgan fingerprint density at radius 1 is 1.18 bits per heavy atom. The highest BCUT2D eigenvalue weighted by atomic mass is 32.2. The molecule has 10 nitrogen and oxygen atoms in total. The Hall–Kier alpha value is -2.15. The zero-order chi connectivity index (χ0) is 25.4. The molecule has 2 saturated heterocycles. The lowest BCUT2D eigenvalue weighted by molar-refractivity contribution is -0.179. The standard InChI is InChI=1S/C14H22N2O5S.C7H8O3S/c1-13(2,3)12(19)21-6-20-11(18)8-14(4,5)22-10-7(15)9(17)16(8)10;1-6-2-4-7(5-3-6)11(8,9)10/h7-8,10H,6,15H2,1-5H3;2-5H,1H3,(H,8,9,10). The molecule has 0 spiro atoms. The van der Waals surface area contributed by atoms with Gasteiger partial charge in [-0.05, 0) is 53.7 Å². The average molecular weight is 503 g/mol. The van der Waals surface area contributed by atoms with Crippen molar-refractivity contribution in [2.45, 2.75) is 68.6 Å². The van der Waals surface area contributed by atoms with Crippen LogP contribution in [0.3, 0.4) is 0 Å². The Labute approximate surface area is 197 Å². The molecule has 0 bridgehead atoms. The molecule has 1 amide bonds. The van der Waals surface area contributed by atoms with Crippen LogP contribution in [0.2, 0.25) is 0 Å². The summed E-state index contributed by atoms with van der Waals surface area (Å²) in [7, 11) is -4.02. The summed E-state index contributed by atoms with van der Waals surface area (Å²) < 4.78 is 39.0. The summed E-state index contributed by atoms with van der Waals surface area (Å²) in [6, 6.07) is 4.70. The maximum atomic E-state index is 12.3. The molecule has 33 heavy (non-hydrogen) atoms. The molecule has 2 fully saturated rings. The van der Waals surface area contributed by atoms with Crippen LogP contribution in [-0.2, 0) is 34.0 Å². The SMILES string of the molecule is CC(C)(C)C(=O)OCOC(=O)C1N2C(=O)C(N)C2SC1(C)C.Cc1ccc(S(=O)(=O)O)cc1. The Bertz CT molecular complexity index is 1020. The second-order valence-corrected chi connectivity index (χ2v) is 12.5. The van der Waals surface area contributed by atoms with Gasteiger partial charge in [0.25, 0.3) is 10.1 Å². The Morgan fingerprint density at radius 2 is 1.73 bits per heavy atom. The number of aryl methyl sites for hydroxylation is 1. The number of hydrogen-bond donors (Lipinski definition) is 2. The van der Waals surface area contributed by atoms with Crippen molar-refractivity contribution in [3.05, 3.63) is 29.8 Å². The van der Waals surface area contributed by atoms with E-state index in [0.29, 0.717) is 0 Å². The Balaban J connectivity index is 0.000000294. The number of nitrogens with zero attached hydrogens (tertiary/aromatic N) is 1. The first-order valence-corrected chi connectivity index (χ1v) is 12.4. The molecular formula is C21H30N2O8S2. The largest absolute Gasteiger partial charge is 0.427 e. The number of thioether (sulfide) groups is 1. The normalized spacial score (nSPS) is 23.6. The summed E-state index contributed by atoms with van der Waals surface area (Å²) >= 11 is 1.48. The van der Waals surface area contributed by atoms with Crippen LogP contribution < -0.4 is 5.73 Å². The lowest BCUT2D eigenvalue weighted by Crippen LogP contribution is -2.68. The van der Waals surface area contributed by atoms with E-state index in [1.807, 2.05) is 20.8 Å². The zero-order valence-corrected chi connectivity index (χ0v) is 21.0. The molecule has 1 aromatic rings. The van der Waals surface area contributed by atoms with Gasteiger partial charge in [0.05, 0.1) is 10.3 Å². The molecule has 2 heterocycles. The number of ether oxygens (including phenoxy) is 2. The second-order valence-electron chi connectivity index (χ2n) is 9.34. The fraction of sp³-hybridized carbons (Fsp3) is 0.571. The fourth-order valence-corrected chi connectivity index (χ4v) is 5.21. The molecule has 2 aliphatic heterocycles. The molecule has 0 aliphatic carbocycles. The van der Waals surface area contributed by atoms with Crippen LogP contribution in [0, 0.1) is 12.3 Å². The van der Waals surface area contributed by atoms with Crippen molar-refractivity contribution in [1.82, 2.24) is 4.90 Å². The highest BCUT2D eigenvalue weighted by molar-refractivity contribution is 8.01. The smallest absolute Gasteiger partial charge is 0.333 e. The molecule has 2 aliphatic rings. The van der Waals surface area contributed by atoms with Crippen molar-refractivity contribution in [1.29, 1.82) is 0 Å². The van der Waals surface area contributed by atoms with Crippen molar-refractivity contribution in [3.63, 3.8) is 0 Å². The van der Waals surface area contributed by atoms with Gasteiger partial charge in [-0.1, -0.05) is 17.7 Å². The monoisotopic (exact) mass is 502 g/mol. The third kappa shape index (κ3) is 6.25. The van der Waals surface area contributed by atoms with Gasteiger partial charge in [0, 0.05) is 4.75 Å². The molecular weight excluding hydrogens is 472 g/mol. The van der Waals surface area contributed by atoms with Crippen molar-refractivity contribution in [2.75, 3.05) is 6.79 Å². The minimum absolute atomic E-state index is 0.0666. The van der Waals surface area contributed by atoms with E-state index < -0.39 is 51.1 Å². The summed E-state index contributed by atoms with van der Waals surface area (Å²) in [6.45, 7) is 10.2. The van der Waals surface area contributed by atoms with E-state index in [1.54, 1.807) is 32.9 Å². The number of nitrogens with two attached hydrogens (primary N) is 1. The van der Waals surface area contributed by atoms with Crippen molar-refractivity contribution in [3.8, 4) is 0 Å². The number of carbonyl (C=O) groups is 3. The number of rotatable bonds is 4. The van der Waals surface area contributed by atoms with E-state index in [4.69, 9.17) is 19.8 Å². The van der Waals surface area contributed by atoms with Crippen LogP contribution >= 0.6 is 11.8 Å². The summed E-state index contributed by atoms with van der Waals surface area (Å²) in [4.78, 5) is 37.1. The number of carbonyl (C=O) groups excluding carboxylic acids is 3. The number of fused-ring (bicyclic) bond motifs is 1. The van der Waals surface area contributed by atoms with Gasteiger partial charge in [-0.15, -0.1) is 11.8 Å². The van der Waals surface area contributed by atoms with Gasteiger partial charge in [-0.2, -0.15) is 8.42 Å². The number of hydrogen-bond acceptors (Lipinski definition) is 9. The fourth-order valence-electron chi connectivity index (χ4n) is 3.17. The van der Waals surface area contributed by atoms with Gasteiger partial charge < -0.3 is 20.1 Å². The third-order valence-electron chi connectivity index (χ3n) is 5.03. The van der Waals surface area contributed by atoms with Gasteiger partial charge in [0.15, 0.2) is 0 Å². The highest BCUT2D eigenvalue weighted by Gasteiger charge is 2.63. The summed E-state index contributed by atoms with van der Waals surface area (Å²) in [6.07, 6.45) is 0. The molecule has 0 aromatic heterocycles. The Morgan fingerprint density at radius 3 is 2.21 bits per heavy atom. The average Bonchev–Trinajstić information content (AvgIpc) is 2.95. The summed E-state index contributed by atoms with van der Waals surface area (Å²) in [5.41, 5.74) is 6.03. The minimum Gasteiger partial charge on any atom is -0.427 e. The van der Waals surface area contributed by atoms with Crippen LogP contribution in [-0.4, -0.2) is 64.7 Å². The van der Waals surface area contributed by atoms with Gasteiger partial charge in [-0.25, -0.2) is 4.79 Å². The van der Waals surface area contributed by atoms with Gasteiger partial charge in [0.1, 0.15) is 17.5 Å². The van der Waals surface area contributed by atoms with E-state index >= 15 is 0 Å². The van der Waals surface area contributed by atoms with E-state index in [1.165, 1.54) is 28.8 Å². The molecule has 0 radical (unpaired) electrons. The minimum atomic E-state index is -4.02. The highest BCUT2D eigenvalue weighted by Crippen LogP contribution is 2.50. The molecule has 184 valence electrons. The van der Waals surface area contributed by atoms with Gasteiger partial charge in [0.2, 0.25) is 12.7 Å². The quantitative estimate of drug-likeness (QED) is 0.269. The Kier molecular flexibility index (Phi) is 7.89. The number of benzene rings is 1. The maximum absolute atomic E-state index is 12.3. The number of amides is 1. The van der Waals surface area contributed by atoms with E-state index in [-0.39, 0.29) is 16.2 Å². The van der Waals surface area contributed by atoms with Gasteiger partial charge >= 0.3 is 11.9 Å². The molecule has 0 saturated carbocycles. The molecule has 3 rings (SSSR count). The summed E-state index contributed by atoms with van der Waals surface area (Å²) in [5.74, 6) is -1.29. The molecule has 3 atom stereocenters. The summed E-state index contributed by atoms with van der Waals surface area (Å²) in [5, 5.41) is -0.197. The second kappa shape index (κ2) is 9.61.